The van der Waals surface area contributed by atoms with Gasteiger partial charge in [-0.05, 0) is 30.9 Å². The smallest absolute Gasteiger partial charge is 0.131 e. The molecule has 1 saturated carbocycles. The van der Waals surface area contributed by atoms with Crippen LogP contribution in [0.5, 0.6) is 0 Å². The Kier molecular flexibility index (Phi) is 3.81. The van der Waals surface area contributed by atoms with E-state index in [1.54, 1.807) is 0 Å². The Bertz CT molecular complexity index is 329. The monoisotopic (exact) mass is 218 g/mol. The molecule has 88 valence electrons. The van der Waals surface area contributed by atoms with Crippen molar-refractivity contribution in [1.29, 1.82) is 0 Å². The molecule has 1 aliphatic carbocycles. The van der Waals surface area contributed by atoms with Gasteiger partial charge in [0.25, 0.3) is 0 Å². The summed E-state index contributed by atoms with van der Waals surface area (Å²) in [4.78, 5) is 6.95. The molecule has 1 aliphatic rings. The largest absolute Gasteiger partial charge is 0.356 e. The third-order valence-electron chi connectivity index (χ3n) is 3.70. The van der Waals surface area contributed by atoms with Crippen LogP contribution in [0.1, 0.15) is 44.6 Å². The minimum atomic E-state index is 0.703. The second-order valence-electron chi connectivity index (χ2n) is 4.74. The number of nitrogens with zero attached hydrogens (tertiary/aromatic N) is 2. The quantitative estimate of drug-likeness (QED) is 0.773. The average molecular weight is 218 g/mol. The lowest BCUT2D eigenvalue weighted by Gasteiger charge is -2.33. The molecule has 0 unspecified atom stereocenters. The Hall–Kier alpha value is -1.05. The van der Waals surface area contributed by atoms with Crippen molar-refractivity contribution in [3.05, 3.63) is 23.9 Å². The molecule has 1 fully saturated rings. The van der Waals surface area contributed by atoms with E-state index in [0.717, 1.165) is 6.42 Å². The second-order valence-corrected chi connectivity index (χ2v) is 4.74. The topological polar surface area (TPSA) is 16.1 Å². The molecule has 16 heavy (non-hydrogen) atoms. The van der Waals surface area contributed by atoms with Crippen molar-refractivity contribution in [3.8, 4) is 0 Å². The summed E-state index contributed by atoms with van der Waals surface area (Å²) in [6.45, 7) is 2.20. The maximum Gasteiger partial charge on any atom is 0.131 e. The molecule has 0 aromatic carbocycles. The van der Waals surface area contributed by atoms with Gasteiger partial charge in [0.2, 0.25) is 0 Å². The Labute approximate surface area is 98.7 Å². The van der Waals surface area contributed by atoms with Gasteiger partial charge < -0.3 is 4.90 Å². The van der Waals surface area contributed by atoms with E-state index in [1.165, 1.54) is 43.5 Å². The SMILES string of the molecule is CCc1cccnc1N(C)C1CCCCC1. The van der Waals surface area contributed by atoms with Crippen LogP contribution < -0.4 is 4.90 Å². The van der Waals surface area contributed by atoms with Crippen molar-refractivity contribution in [3.63, 3.8) is 0 Å². The molecule has 0 aliphatic heterocycles. The van der Waals surface area contributed by atoms with Crippen LogP contribution in [0.15, 0.2) is 18.3 Å². The summed E-state index contributed by atoms with van der Waals surface area (Å²) in [7, 11) is 2.21. The van der Waals surface area contributed by atoms with E-state index in [-0.39, 0.29) is 0 Å². The van der Waals surface area contributed by atoms with E-state index in [2.05, 4.69) is 29.9 Å². The van der Waals surface area contributed by atoms with E-state index >= 15 is 0 Å². The molecule has 0 N–H and O–H groups in total. The first-order chi connectivity index (χ1) is 7.83. The fourth-order valence-electron chi connectivity index (χ4n) is 2.67. The van der Waals surface area contributed by atoms with E-state index < -0.39 is 0 Å². The zero-order chi connectivity index (χ0) is 11.4. The Morgan fingerprint density at radius 1 is 1.31 bits per heavy atom. The molecule has 0 amide bonds. The maximum atomic E-state index is 4.55. The molecule has 0 atom stereocenters. The predicted octanol–water partition coefficient (Wildman–Crippen LogP) is 3.41. The van der Waals surface area contributed by atoms with E-state index in [9.17, 15) is 0 Å². The molecule has 1 heterocycles. The van der Waals surface area contributed by atoms with Crippen LogP contribution in [0.3, 0.4) is 0 Å². The van der Waals surface area contributed by atoms with Gasteiger partial charge in [0, 0.05) is 19.3 Å². The molecule has 2 heteroatoms. The van der Waals surface area contributed by atoms with Gasteiger partial charge in [-0.25, -0.2) is 4.98 Å². The van der Waals surface area contributed by atoms with Crippen LogP contribution in [-0.2, 0) is 6.42 Å². The van der Waals surface area contributed by atoms with Crippen LogP contribution in [-0.4, -0.2) is 18.1 Å². The van der Waals surface area contributed by atoms with Crippen molar-refractivity contribution in [1.82, 2.24) is 4.98 Å². The van der Waals surface area contributed by atoms with Crippen LogP contribution in [0.2, 0.25) is 0 Å². The third-order valence-corrected chi connectivity index (χ3v) is 3.70. The van der Waals surface area contributed by atoms with Crippen molar-refractivity contribution in [2.75, 3.05) is 11.9 Å². The van der Waals surface area contributed by atoms with Gasteiger partial charge in [-0.2, -0.15) is 0 Å². The number of aromatic nitrogens is 1. The Balaban J connectivity index is 2.15. The third kappa shape index (κ3) is 2.37. The molecular formula is C14H22N2. The highest BCUT2D eigenvalue weighted by molar-refractivity contribution is 5.46. The Morgan fingerprint density at radius 2 is 2.06 bits per heavy atom. The standard InChI is InChI=1S/C14H22N2/c1-3-12-8-7-11-15-14(12)16(2)13-9-5-4-6-10-13/h7-8,11,13H,3-6,9-10H2,1-2H3. The molecule has 0 radical (unpaired) electrons. The number of hydrogen-bond acceptors (Lipinski definition) is 2. The number of anilines is 1. The van der Waals surface area contributed by atoms with Crippen LogP contribution in [0.25, 0.3) is 0 Å². The maximum absolute atomic E-state index is 4.55. The first kappa shape index (κ1) is 11.4. The van der Waals surface area contributed by atoms with Crippen LogP contribution in [0, 0.1) is 0 Å². The highest BCUT2D eigenvalue weighted by Crippen LogP contribution is 2.26. The molecule has 2 rings (SSSR count). The van der Waals surface area contributed by atoms with Gasteiger partial charge >= 0.3 is 0 Å². The fourth-order valence-corrected chi connectivity index (χ4v) is 2.67. The molecule has 0 spiro atoms. The second kappa shape index (κ2) is 5.33. The zero-order valence-corrected chi connectivity index (χ0v) is 10.4. The van der Waals surface area contributed by atoms with Crippen LogP contribution >= 0.6 is 0 Å². The first-order valence-corrected chi connectivity index (χ1v) is 6.49. The molecule has 0 bridgehead atoms. The number of rotatable bonds is 3. The minimum absolute atomic E-state index is 0.703. The predicted molar refractivity (Wildman–Crippen MR) is 68.9 cm³/mol. The van der Waals surface area contributed by atoms with Gasteiger partial charge in [0.1, 0.15) is 5.82 Å². The summed E-state index contributed by atoms with van der Waals surface area (Å²) in [5.74, 6) is 1.19. The van der Waals surface area contributed by atoms with Crippen LogP contribution in [0.4, 0.5) is 5.82 Å². The summed E-state index contributed by atoms with van der Waals surface area (Å²) in [6, 6.07) is 4.94. The van der Waals surface area contributed by atoms with E-state index in [0.29, 0.717) is 6.04 Å². The minimum Gasteiger partial charge on any atom is -0.356 e. The lowest BCUT2D eigenvalue weighted by molar-refractivity contribution is 0.425. The van der Waals surface area contributed by atoms with Crippen molar-refractivity contribution in [2.24, 2.45) is 0 Å². The van der Waals surface area contributed by atoms with Gasteiger partial charge in [-0.15, -0.1) is 0 Å². The molecule has 1 aromatic rings. The number of hydrogen-bond donors (Lipinski definition) is 0. The zero-order valence-electron chi connectivity index (χ0n) is 10.4. The summed E-state index contributed by atoms with van der Waals surface area (Å²) < 4.78 is 0. The summed E-state index contributed by atoms with van der Waals surface area (Å²) in [5, 5.41) is 0. The molecular weight excluding hydrogens is 196 g/mol. The number of aryl methyl sites for hydroxylation is 1. The van der Waals surface area contributed by atoms with Crippen molar-refractivity contribution >= 4 is 5.82 Å². The lowest BCUT2D eigenvalue weighted by Crippen LogP contribution is -2.34. The molecule has 0 saturated heterocycles. The van der Waals surface area contributed by atoms with Crippen molar-refractivity contribution < 1.29 is 0 Å². The highest BCUT2D eigenvalue weighted by atomic mass is 15.2. The normalized spacial score (nSPS) is 17.4. The fraction of sp³-hybridized carbons (Fsp3) is 0.643. The van der Waals surface area contributed by atoms with Gasteiger partial charge in [-0.3, -0.25) is 0 Å². The summed E-state index contributed by atoms with van der Waals surface area (Å²) in [5.41, 5.74) is 1.37. The lowest BCUT2D eigenvalue weighted by atomic mass is 9.94. The highest BCUT2D eigenvalue weighted by Gasteiger charge is 2.20. The molecule has 2 nitrogen and oxygen atoms in total. The van der Waals surface area contributed by atoms with Gasteiger partial charge in [-0.1, -0.05) is 32.3 Å². The van der Waals surface area contributed by atoms with Gasteiger partial charge in [0.15, 0.2) is 0 Å². The summed E-state index contributed by atoms with van der Waals surface area (Å²) in [6.07, 6.45) is 9.81. The van der Waals surface area contributed by atoms with E-state index in [4.69, 9.17) is 0 Å². The summed E-state index contributed by atoms with van der Waals surface area (Å²) >= 11 is 0. The number of pyridine rings is 1. The Morgan fingerprint density at radius 3 is 2.75 bits per heavy atom. The average Bonchev–Trinajstić information content (AvgIpc) is 2.39. The van der Waals surface area contributed by atoms with Gasteiger partial charge in [0.05, 0.1) is 0 Å². The van der Waals surface area contributed by atoms with Crippen molar-refractivity contribution in [2.45, 2.75) is 51.5 Å². The first-order valence-electron chi connectivity index (χ1n) is 6.49. The molecule has 1 aromatic heterocycles. The van der Waals surface area contributed by atoms with E-state index in [1.807, 2.05) is 12.3 Å².